The van der Waals surface area contributed by atoms with Gasteiger partial charge in [0.2, 0.25) is 0 Å². The maximum atomic E-state index is 3.74. The molecular weight excluding hydrogens is 156 g/mol. The lowest BCUT2D eigenvalue weighted by Gasteiger charge is -1.99. The quantitative estimate of drug-likeness (QED) is 0.550. The molecule has 0 atom stereocenters. The molecule has 0 saturated carbocycles. The molecule has 0 aromatic rings. The Balaban J connectivity index is 4.93. The van der Waals surface area contributed by atoms with Crippen molar-refractivity contribution in [2.75, 3.05) is 0 Å². The van der Waals surface area contributed by atoms with Crippen molar-refractivity contribution >= 4 is 0 Å². The van der Waals surface area contributed by atoms with E-state index in [0.717, 1.165) is 11.1 Å². The first kappa shape index (κ1) is 11.4. The van der Waals surface area contributed by atoms with Gasteiger partial charge in [0.15, 0.2) is 0 Å². The van der Waals surface area contributed by atoms with E-state index < -0.39 is 0 Å². The zero-order valence-electron chi connectivity index (χ0n) is 8.16. The molecule has 0 unspecified atom stereocenters. The van der Waals surface area contributed by atoms with Crippen LogP contribution in [0.15, 0.2) is 73.4 Å². The molecule has 0 aromatic heterocycles. The molecule has 0 aliphatic heterocycles. The molecule has 68 valence electrons. The SMILES string of the molecule is C=C/C=C(C=C)/C(C=C)=C/C=C\C. The first-order valence-corrected chi connectivity index (χ1v) is 4.21. The number of allylic oxidation sites excluding steroid dienone is 9. The highest BCUT2D eigenvalue weighted by Crippen LogP contribution is 2.12. The van der Waals surface area contributed by atoms with Crippen LogP contribution in [-0.2, 0) is 0 Å². The van der Waals surface area contributed by atoms with Crippen LogP contribution in [-0.4, -0.2) is 0 Å². The van der Waals surface area contributed by atoms with Crippen LogP contribution in [0.25, 0.3) is 0 Å². The monoisotopic (exact) mass is 172 g/mol. The molecule has 13 heavy (non-hydrogen) atoms. The van der Waals surface area contributed by atoms with Gasteiger partial charge < -0.3 is 0 Å². The van der Waals surface area contributed by atoms with Gasteiger partial charge in [-0.2, -0.15) is 0 Å². The summed E-state index contributed by atoms with van der Waals surface area (Å²) < 4.78 is 0. The van der Waals surface area contributed by atoms with Gasteiger partial charge in [0.25, 0.3) is 0 Å². The van der Waals surface area contributed by atoms with E-state index in [4.69, 9.17) is 0 Å². The Labute approximate surface area is 81.0 Å². The maximum absolute atomic E-state index is 3.74. The Morgan fingerprint density at radius 1 is 0.923 bits per heavy atom. The second kappa shape index (κ2) is 7.11. The maximum Gasteiger partial charge on any atom is -0.0190 e. The van der Waals surface area contributed by atoms with E-state index in [1.54, 1.807) is 18.2 Å². The topological polar surface area (TPSA) is 0 Å². The molecule has 0 N–H and O–H groups in total. The zero-order chi connectivity index (χ0) is 10.1. The van der Waals surface area contributed by atoms with Gasteiger partial charge >= 0.3 is 0 Å². The number of rotatable bonds is 5. The molecule has 0 aliphatic rings. The van der Waals surface area contributed by atoms with Crippen molar-refractivity contribution in [3.63, 3.8) is 0 Å². The minimum atomic E-state index is 1.03. The van der Waals surface area contributed by atoms with E-state index in [1.807, 2.05) is 31.2 Å². The number of hydrogen-bond acceptors (Lipinski definition) is 0. The molecule has 0 spiro atoms. The molecule has 0 aromatic carbocycles. The lowest BCUT2D eigenvalue weighted by molar-refractivity contribution is 1.55. The van der Waals surface area contributed by atoms with Gasteiger partial charge in [-0.3, -0.25) is 0 Å². The fourth-order valence-corrected chi connectivity index (χ4v) is 0.891. The van der Waals surface area contributed by atoms with Crippen LogP contribution in [0.4, 0.5) is 0 Å². The van der Waals surface area contributed by atoms with Crippen LogP contribution in [0.2, 0.25) is 0 Å². The molecule has 0 saturated heterocycles. The Kier molecular flexibility index (Phi) is 6.26. The van der Waals surface area contributed by atoms with Crippen molar-refractivity contribution in [1.29, 1.82) is 0 Å². The molecule has 0 rings (SSSR count). The van der Waals surface area contributed by atoms with Gasteiger partial charge in [-0.25, -0.2) is 0 Å². The first-order valence-electron chi connectivity index (χ1n) is 4.21. The Morgan fingerprint density at radius 3 is 1.85 bits per heavy atom. The van der Waals surface area contributed by atoms with E-state index >= 15 is 0 Å². The van der Waals surface area contributed by atoms with E-state index in [-0.39, 0.29) is 0 Å². The lowest BCUT2D eigenvalue weighted by atomic mass is 10.1. The average molecular weight is 172 g/mol. The molecule has 0 nitrogen and oxygen atoms in total. The minimum Gasteiger partial charge on any atom is -0.0990 e. The second-order valence-electron chi connectivity index (χ2n) is 2.41. The van der Waals surface area contributed by atoms with Crippen LogP contribution in [0.3, 0.4) is 0 Å². The van der Waals surface area contributed by atoms with Crippen LogP contribution < -0.4 is 0 Å². The van der Waals surface area contributed by atoms with Gasteiger partial charge in [0.1, 0.15) is 0 Å². The first-order chi connectivity index (χ1) is 6.29. The molecule has 0 fully saturated rings. The van der Waals surface area contributed by atoms with Crippen molar-refractivity contribution < 1.29 is 0 Å². The predicted octanol–water partition coefficient (Wildman–Crippen LogP) is 3.97. The summed E-state index contributed by atoms with van der Waals surface area (Å²) in [7, 11) is 0. The van der Waals surface area contributed by atoms with Crippen LogP contribution in [0, 0.1) is 0 Å². The van der Waals surface area contributed by atoms with Gasteiger partial charge in [-0.15, -0.1) is 0 Å². The summed E-state index contributed by atoms with van der Waals surface area (Å²) in [5, 5.41) is 0. The third-order valence-corrected chi connectivity index (χ3v) is 1.54. The van der Waals surface area contributed by atoms with Crippen molar-refractivity contribution in [3.05, 3.63) is 73.4 Å². The fraction of sp³-hybridized carbons (Fsp3) is 0.0769. The van der Waals surface area contributed by atoms with Gasteiger partial charge in [0, 0.05) is 0 Å². The van der Waals surface area contributed by atoms with E-state index in [9.17, 15) is 0 Å². The molecule has 0 bridgehead atoms. The third-order valence-electron chi connectivity index (χ3n) is 1.54. The molecule has 0 radical (unpaired) electrons. The van der Waals surface area contributed by atoms with Gasteiger partial charge in [0.05, 0.1) is 0 Å². The molecule has 0 heterocycles. The lowest BCUT2D eigenvalue weighted by Crippen LogP contribution is -1.80. The average Bonchev–Trinajstić information content (AvgIpc) is 2.17. The van der Waals surface area contributed by atoms with Crippen LogP contribution in [0.5, 0.6) is 0 Å². The van der Waals surface area contributed by atoms with E-state index in [1.165, 1.54) is 0 Å². The highest BCUT2D eigenvalue weighted by atomic mass is 14.0. The van der Waals surface area contributed by atoms with E-state index in [0.29, 0.717) is 0 Å². The normalized spacial score (nSPS) is 13.0. The minimum absolute atomic E-state index is 1.03. The van der Waals surface area contributed by atoms with Crippen LogP contribution in [0.1, 0.15) is 6.92 Å². The predicted molar refractivity (Wildman–Crippen MR) is 61.6 cm³/mol. The van der Waals surface area contributed by atoms with Crippen molar-refractivity contribution in [2.24, 2.45) is 0 Å². The summed E-state index contributed by atoms with van der Waals surface area (Å²) in [6, 6.07) is 0. The van der Waals surface area contributed by atoms with Crippen molar-refractivity contribution in [2.45, 2.75) is 6.92 Å². The summed E-state index contributed by atoms with van der Waals surface area (Å²) in [5.74, 6) is 0. The fourth-order valence-electron chi connectivity index (χ4n) is 0.891. The Morgan fingerprint density at radius 2 is 1.46 bits per heavy atom. The molecular formula is C13H16. The summed E-state index contributed by atoms with van der Waals surface area (Å²) >= 11 is 0. The number of hydrogen-bond donors (Lipinski definition) is 0. The highest BCUT2D eigenvalue weighted by Gasteiger charge is 1.92. The summed E-state index contributed by atoms with van der Waals surface area (Å²) in [4.78, 5) is 0. The Bertz CT molecular complexity index is 272. The van der Waals surface area contributed by atoms with E-state index in [2.05, 4.69) is 19.7 Å². The molecule has 0 aliphatic carbocycles. The largest absolute Gasteiger partial charge is 0.0990 e. The highest BCUT2D eigenvalue weighted by molar-refractivity contribution is 5.47. The molecule has 0 heteroatoms. The summed E-state index contributed by atoms with van der Waals surface area (Å²) in [6.45, 7) is 13.1. The standard InChI is InChI=1S/C13H16/c1-5-9-11-13(8-4)12(7-3)10-6-2/h5-11H,2-4H2,1H3/b9-5-,12-10+,13-11+. The summed E-state index contributed by atoms with van der Waals surface area (Å²) in [5.41, 5.74) is 2.08. The Hall–Kier alpha value is -1.56. The smallest absolute Gasteiger partial charge is 0.0190 e. The zero-order valence-corrected chi connectivity index (χ0v) is 8.16. The second-order valence-corrected chi connectivity index (χ2v) is 2.41. The molecule has 0 amide bonds. The summed E-state index contributed by atoms with van der Waals surface area (Å²) in [6.07, 6.45) is 13.2. The van der Waals surface area contributed by atoms with Crippen LogP contribution >= 0.6 is 0 Å². The third kappa shape index (κ3) is 4.12. The van der Waals surface area contributed by atoms with Crippen molar-refractivity contribution in [1.82, 2.24) is 0 Å². The van der Waals surface area contributed by atoms with Crippen molar-refractivity contribution in [3.8, 4) is 0 Å². The van der Waals surface area contributed by atoms with Gasteiger partial charge in [-0.1, -0.05) is 62.3 Å². The van der Waals surface area contributed by atoms with Gasteiger partial charge in [-0.05, 0) is 18.1 Å².